The molecule has 1 fully saturated rings. The number of likely N-dealkylation sites (tertiary alicyclic amines) is 1. The molecule has 0 bridgehead atoms. The third-order valence-corrected chi connectivity index (χ3v) is 2.48. The minimum absolute atomic E-state index is 0.285. The van der Waals surface area contributed by atoms with Crippen molar-refractivity contribution in [2.24, 2.45) is 0 Å². The summed E-state index contributed by atoms with van der Waals surface area (Å²) in [6.07, 6.45) is 0.0589. The Morgan fingerprint density at radius 1 is 1.18 bits per heavy atom. The smallest absolute Gasteiger partial charge is 0.372 e. The summed E-state index contributed by atoms with van der Waals surface area (Å²) in [5.74, 6) is -1.04. The zero-order chi connectivity index (χ0) is 12.3. The highest BCUT2D eigenvalue weighted by atomic mass is 16.6. The van der Waals surface area contributed by atoms with Gasteiger partial charge in [-0.15, -0.1) is 0 Å². The fraction of sp³-hybridized carbons (Fsp3) is 0.250. The van der Waals surface area contributed by atoms with Gasteiger partial charge in [0.15, 0.2) is 0 Å². The van der Waals surface area contributed by atoms with Crippen molar-refractivity contribution < 1.29 is 19.1 Å². The summed E-state index contributed by atoms with van der Waals surface area (Å²) in [5.41, 5.74) is 0.285. The maximum absolute atomic E-state index is 11.5. The predicted octanol–water partition coefficient (Wildman–Crippen LogP) is 1.59. The van der Waals surface area contributed by atoms with Crippen molar-refractivity contribution in [3.8, 4) is 0 Å². The van der Waals surface area contributed by atoms with Crippen molar-refractivity contribution in [3.63, 3.8) is 0 Å². The van der Waals surface area contributed by atoms with Crippen molar-refractivity contribution in [2.45, 2.75) is 12.8 Å². The molecule has 1 aliphatic heterocycles. The van der Waals surface area contributed by atoms with Gasteiger partial charge in [0.05, 0.1) is 5.56 Å². The predicted molar refractivity (Wildman–Crippen MR) is 58.2 cm³/mol. The molecule has 1 aromatic rings. The lowest BCUT2D eigenvalue weighted by molar-refractivity contribution is -0.125. The standard InChI is InChI=1S/C12H11NO4/c14-10-7-4-8-13(10)12(16)17-11(15)9-5-2-1-3-6-9/h1-3,5-6H,4,7-8H2. The lowest BCUT2D eigenvalue weighted by Crippen LogP contribution is -2.33. The average Bonchev–Trinajstić information content (AvgIpc) is 2.76. The first kappa shape index (κ1) is 11.3. The summed E-state index contributed by atoms with van der Waals surface area (Å²) in [7, 11) is 0. The number of amides is 2. The summed E-state index contributed by atoms with van der Waals surface area (Å²) < 4.78 is 4.62. The van der Waals surface area contributed by atoms with Crippen LogP contribution in [0.2, 0.25) is 0 Å². The van der Waals surface area contributed by atoms with Crippen LogP contribution < -0.4 is 0 Å². The molecule has 88 valence electrons. The first-order valence-electron chi connectivity index (χ1n) is 5.30. The van der Waals surface area contributed by atoms with Crippen LogP contribution in [0.25, 0.3) is 0 Å². The molecule has 2 amide bonds. The van der Waals surface area contributed by atoms with Crippen molar-refractivity contribution in [2.75, 3.05) is 6.54 Å². The number of hydrogen-bond acceptors (Lipinski definition) is 4. The van der Waals surface area contributed by atoms with Crippen LogP contribution in [0.3, 0.4) is 0 Å². The molecule has 0 spiro atoms. The highest BCUT2D eigenvalue weighted by Crippen LogP contribution is 2.12. The molecule has 0 aromatic heterocycles. The zero-order valence-electron chi connectivity index (χ0n) is 9.09. The summed E-state index contributed by atoms with van der Waals surface area (Å²) in [6.45, 7) is 0.319. The average molecular weight is 233 g/mol. The van der Waals surface area contributed by atoms with Gasteiger partial charge < -0.3 is 4.74 Å². The fourth-order valence-electron chi connectivity index (χ4n) is 1.61. The normalized spacial score (nSPS) is 14.8. The molecule has 1 saturated heterocycles. The van der Waals surface area contributed by atoms with E-state index < -0.39 is 12.1 Å². The van der Waals surface area contributed by atoms with Gasteiger partial charge in [-0.3, -0.25) is 4.79 Å². The van der Waals surface area contributed by atoms with Gasteiger partial charge in [-0.25, -0.2) is 14.5 Å². The second kappa shape index (κ2) is 4.78. The van der Waals surface area contributed by atoms with Crippen molar-refractivity contribution >= 4 is 18.0 Å². The highest BCUT2D eigenvalue weighted by molar-refractivity contribution is 6.01. The van der Waals surface area contributed by atoms with Gasteiger partial charge in [0.25, 0.3) is 0 Å². The summed E-state index contributed by atoms with van der Waals surface area (Å²) in [5, 5.41) is 0. The van der Waals surface area contributed by atoms with Crippen molar-refractivity contribution in [1.29, 1.82) is 0 Å². The first-order chi connectivity index (χ1) is 8.18. The van der Waals surface area contributed by atoms with Crippen LogP contribution >= 0.6 is 0 Å². The lowest BCUT2D eigenvalue weighted by Gasteiger charge is -2.12. The summed E-state index contributed by atoms with van der Waals surface area (Å²) >= 11 is 0. The SMILES string of the molecule is O=C(OC(=O)N1CCCC1=O)c1ccccc1. The molecule has 1 heterocycles. The molecule has 2 rings (SSSR count). The van der Waals surface area contributed by atoms with E-state index in [1.54, 1.807) is 30.3 Å². The lowest BCUT2D eigenvalue weighted by atomic mass is 10.2. The van der Waals surface area contributed by atoms with E-state index in [0.717, 1.165) is 4.90 Å². The second-order valence-corrected chi connectivity index (χ2v) is 3.67. The van der Waals surface area contributed by atoms with E-state index in [4.69, 9.17) is 0 Å². The Labute approximate surface area is 98.0 Å². The van der Waals surface area contributed by atoms with E-state index in [9.17, 15) is 14.4 Å². The Morgan fingerprint density at radius 3 is 2.47 bits per heavy atom. The largest absolute Gasteiger partial charge is 0.424 e. The minimum Gasteiger partial charge on any atom is -0.372 e. The molecule has 5 heteroatoms. The van der Waals surface area contributed by atoms with E-state index in [1.807, 2.05) is 0 Å². The van der Waals surface area contributed by atoms with Gasteiger partial charge in [0.1, 0.15) is 0 Å². The quantitative estimate of drug-likeness (QED) is 0.545. The molecule has 5 nitrogen and oxygen atoms in total. The maximum Gasteiger partial charge on any atom is 0.424 e. The van der Waals surface area contributed by atoms with Gasteiger partial charge >= 0.3 is 12.1 Å². The van der Waals surface area contributed by atoms with E-state index in [2.05, 4.69) is 4.74 Å². The van der Waals surface area contributed by atoms with Gasteiger partial charge in [-0.05, 0) is 18.6 Å². The van der Waals surface area contributed by atoms with Gasteiger partial charge in [0.2, 0.25) is 5.91 Å². The molecular formula is C12H11NO4. The number of carbonyl (C=O) groups is 3. The van der Waals surface area contributed by atoms with Gasteiger partial charge in [0, 0.05) is 13.0 Å². The van der Waals surface area contributed by atoms with Crippen LogP contribution in [-0.4, -0.2) is 29.4 Å². The molecule has 0 atom stereocenters. The molecular weight excluding hydrogens is 222 g/mol. The van der Waals surface area contributed by atoms with Crippen LogP contribution in [0, 0.1) is 0 Å². The highest BCUT2D eigenvalue weighted by Gasteiger charge is 2.29. The summed E-state index contributed by atoms with van der Waals surface area (Å²) in [4.78, 5) is 35.2. The number of benzene rings is 1. The number of rotatable bonds is 1. The Morgan fingerprint density at radius 2 is 1.88 bits per heavy atom. The number of ether oxygens (including phenoxy) is 1. The number of hydrogen-bond donors (Lipinski definition) is 0. The molecule has 0 N–H and O–H groups in total. The van der Waals surface area contributed by atoms with Gasteiger partial charge in [-0.1, -0.05) is 18.2 Å². The number of carbonyl (C=O) groups excluding carboxylic acids is 3. The topological polar surface area (TPSA) is 63.7 Å². The molecule has 0 unspecified atom stereocenters. The fourth-order valence-corrected chi connectivity index (χ4v) is 1.61. The molecule has 0 radical (unpaired) electrons. The van der Waals surface area contributed by atoms with Crippen LogP contribution in [0.4, 0.5) is 4.79 Å². The molecule has 1 aliphatic rings. The van der Waals surface area contributed by atoms with Crippen LogP contribution in [-0.2, 0) is 9.53 Å². The second-order valence-electron chi connectivity index (χ2n) is 3.67. The van der Waals surface area contributed by atoms with Crippen molar-refractivity contribution in [1.82, 2.24) is 4.90 Å². The number of nitrogens with zero attached hydrogens (tertiary/aromatic N) is 1. The first-order valence-corrected chi connectivity index (χ1v) is 5.30. The Hall–Kier alpha value is -2.17. The Kier molecular flexibility index (Phi) is 3.18. The molecule has 1 aromatic carbocycles. The van der Waals surface area contributed by atoms with Gasteiger partial charge in [-0.2, -0.15) is 0 Å². The van der Waals surface area contributed by atoms with Crippen molar-refractivity contribution in [3.05, 3.63) is 35.9 Å². The van der Waals surface area contributed by atoms with E-state index in [-0.39, 0.29) is 11.5 Å². The Bertz CT molecular complexity index is 455. The molecule has 0 aliphatic carbocycles. The molecule has 17 heavy (non-hydrogen) atoms. The van der Waals surface area contributed by atoms with Crippen LogP contribution in [0.5, 0.6) is 0 Å². The Balaban J connectivity index is 2.00. The summed E-state index contributed by atoms with van der Waals surface area (Å²) in [6, 6.07) is 8.18. The van der Waals surface area contributed by atoms with E-state index >= 15 is 0 Å². The van der Waals surface area contributed by atoms with E-state index in [1.165, 1.54) is 0 Å². The third-order valence-electron chi connectivity index (χ3n) is 2.48. The zero-order valence-corrected chi connectivity index (χ0v) is 9.09. The maximum atomic E-state index is 11.5. The number of esters is 1. The monoisotopic (exact) mass is 233 g/mol. The van der Waals surface area contributed by atoms with Crippen LogP contribution in [0.1, 0.15) is 23.2 Å². The minimum atomic E-state index is -0.888. The van der Waals surface area contributed by atoms with E-state index in [0.29, 0.717) is 19.4 Å². The third kappa shape index (κ3) is 2.50. The molecule has 0 saturated carbocycles. The van der Waals surface area contributed by atoms with Crippen LogP contribution in [0.15, 0.2) is 30.3 Å². The number of imide groups is 1.